The third-order valence-corrected chi connectivity index (χ3v) is 7.55. The molecule has 0 radical (unpaired) electrons. The van der Waals surface area contributed by atoms with Crippen molar-refractivity contribution in [1.29, 1.82) is 0 Å². The molecule has 208 valence electrons. The topological polar surface area (TPSA) is 117 Å². The molecule has 9 nitrogen and oxygen atoms in total. The Bertz CT molecular complexity index is 1150. The van der Waals surface area contributed by atoms with Gasteiger partial charge in [0.2, 0.25) is 11.8 Å². The summed E-state index contributed by atoms with van der Waals surface area (Å²) >= 11 is 0. The summed E-state index contributed by atoms with van der Waals surface area (Å²) in [5, 5.41) is 3.51. The lowest BCUT2D eigenvalue weighted by atomic mass is 9.77. The van der Waals surface area contributed by atoms with E-state index < -0.39 is 41.1 Å². The van der Waals surface area contributed by atoms with Crippen LogP contribution in [0.3, 0.4) is 0 Å². The highest BCUT2D eigenvalue weighted by Crippen LogP contribution is 2.37. The van der Waals surface area contributed by atoms with Crippen LogP contribution >= 0.6 is 0 Å². The Morgan fingerprint density at radius 2 is 1.59 bits per heavy atom. The Morgan fingerprint density at radius 1 is 0.949 bits per heavy atom. The van der Waals surface area contributed by atoms with Crippen molar-refractivity contribution in [2.24, 2.45) is 17.8 Å². The fraction of sp³-hybridized carbons (Fsp3) is 0.467. The summed E-state index contributed by atoms with van der Waals surface area (Å²) in [6.45, 7) is 4.14. The molecular weight excluding hydrogens is 496 g/mol. The lowest BCUT2D eigenvalue weighted by Gasteiger charge is -2.35. The van der Waals surface area contributed by atoms with Crippen molar-refractivity contribution in [3.8, 4) is 0 Å². The van der Waals surface area contributed by atoms with E-state index in [2.05, 4.69) is 16.2 Å². The molecule has 1 heterocycles. The van der Waals surface area contributed by atoms with Crippen LogP contribution in [-0.4, -0.2) is 34.3 Å². The van der Waals surface area contributed by atoms with Crippen LogP contribution in [0.2, 0.25) is 0 Å². The van der Waals surface area contributed by atoms with Gasteiger partial charge in [0, 0.05) is 0 Å². The van der Waals surface area contributed by atoms with Crippen LogP contribution in [-0.2, 0) is 32.2 Å². The highest BCUT2D eigenvalue weighted by atomic mass is 16.6. The summed E-state index contributed by atoms with van der Waals surface area (Å²) in [6, 6.07) is 18.8. The van der Waals surface area contributed by atoms with Crippen LogP contribution in [0.4, 0.5) is 4.79 Å². The zero-order valence-electron chi connectivity index (χ0n) is 22.7. The van der Waals surface area contributed by atoms with Gasteiger partial charge in [0.05, 0.1) is 18.4 Å². The lowest BCUT2D eigenvalue weighted by molar-refractivity contribution is -0.148. The number of carbonyl (C=O) groups is 4. The molecule has 5 amide bonds. The third kappa shape index (κ3) is 7.03. The molecule has 2 aromatic rings. The number of benzene rings is 2. The molecule has 1 saturated carbocycles. The monoisotopic (exact) mass is 534 g/mol. The van der Waals surface area contributed by atoms with Crippen molar-refractivity contribution >= 4 is 23.8 Å². The van der Waals surface area contributed by atoms with Gasteiger partial charge in [-0.25, -0.2) is 10.3 Å². The second-order valence-electron chi connectivity index (χ2n) is 10.9. The number of hydroxylamine groups is 1. The van der Waals surface area contributed by atoms with E-state index in [4.69, 9.17) is 4.84 Å². The molecule has 1 spiro atoms. The lowest BCUT2D eigenvalue weighted by Crippen LogP contribution is -2.55. The molecule has 0 unspecified atom stereocenters. The van der Waals surface area contributed by atoms with E-state index >= 15 is 0 Å². The van der Waals surface area contributed by atoms with E-state index in [1.54, 1.807) is 0 Å². The largest absolute Gasteiger partial charge is 0.344 e. The number of hydrogen-bond acceptors (Lipinski definition) is 5. The summed E-state index contributed by atoms with van der Waals surface area (Å²) in [7, 11) is 0. The SMILES string of the molecule is CC(C)C[C@@H](C(=O)NN1C(=O)NC2(CCC2)C1=O)[C@H](CCCc1ccccc1)C(=O)NOCc1ccccc1. The van der Waals surface area contributed by atoms with Crippen LogP contribution in [0.25, 0.3) is 0 Å². The van der Waals surface area contributed by atoms with Crippen LogP contribution in [0.1, 0.15) is 63.5 Å². The van der Waals surface area contributed by atoms with Crippen molar-refractivity contribution in [2.75, 3.05) is 0 Å². The fourth-order valence-electron chi connectivity index (χ4n) is 5.27. The standard InChI is InChI=1S/C30H38N4O5/c1-21(2)19-25(26(35)32-34-28(37)30(17-10-18-30)31-29(34)38)24(16-9-15-22-11-5-3-6-12-22)27(36)33-39-20-23-13-7-4-8-14-23/h3-8,11-14,21,24-25H,9-10,15-20H2,1-2H3,(H,31,38)(H,32,35)(H,33,36)/t24-,25+/m0/s1. The highest BCUT2D eigenvalue weighted by molar-refractivity contribution is 6.08. The van der Waals surface area contributed by atoms with Gasteiger partial charge in [0.15, 0.2) is 0 Å². The van der Waals surface area contributed by atoms with E-state index in [0.29, 0.717) is 32.1 Å². The van der Waals surface area contributed by atoms with Crippen molar-refractivity contribution < 1.29 is 24.0 Å². The molecule has 2 atom stereocenters. The molecule has 39 heavy (non-hydrogen) atoms. The summed E-state index contributed by atoms with van der Waals surface area (Å²) in [5.74, 6) is -2.74. The van der Waals surface area contributed by atoms with Gasteiger partial charge in [0.25, 0.3) is 5.91 Å². The molecule has 9 heteroatoms. The molecule has 0 aromatic heterocycles. The number of rotatable bonds is 13. The minimum Gasteiger partial charge on any atom is -0.322 e. The molecule has 1 aliphatic heterocycles. The zero-order valence-corrected chi connectivity index (χ0v) is 22.7. The van der Waals surface area contributed by atoms with Gasteiger partial charge in [-0.2, -0.15) is 5.01 Å². The molecule has 3 N–H and O–H groups in total. The average molecular weight is 535 g/mol. The van der Waals surface area contributed by atoms with E-state index in [9.17, 15) is 19.2 Å². The molecule has 2 fully saturated rings. The molecule has 0 bridgehead atoms. The first-order valence-corrected chi connectivity index (χ1v) is 13.8. The Balaban J connectivity index is 1.47. The summed E-state index contributed by atoms with van der Waals surface area (Å²) in [5.41, 5.74) is 6.24. The molecule has 4 rings (SSSR count). The average Bonchev–Trinajstić information content (AvgIpc) is 3.16. The van der Waals surface area contributed by atoms with Gasteiger partial charge < -0.3 is 5.32 Å². The smallest absolute Gasteiger partial charge is 0.322 e. The van der Waals surface area contributed by atoms with Crippen LogP contribution < -0.4 is 16.2 Å². The van der Waals surface area contributed by atoms with Gasteiger partial charge >= 0.3 is 6.03 Å². The van der Waals surface area contributed by atoms with E-state index in [0.717, 1.165) is 29.0 Å². The Hall–Kier alpha value is -3.72. The first kappa shape index (κ1) is 28.3. The van der Waals surface area contributed by atoms with Gasteiger partial charge in [-0.1, -0.05) is 74.5 Å². The predicted octanol–water partition coefficient (Wildman–Crippen LogP) is 4.04. The number of hydrogen-bond donors (Lipinski definition) is 3. The van der Waals surface area contributed by atoms with Crippen molar-refractivity contribution in [3.05, 3.63) is 71.8 Å². The Kier molecular flexibility index (Phi) is 9.35. The minimum absolute atomic E-state index is 0.0940. The minimum atomic E-state index is -0.907. The van der Waals surface area contributed by atoms with E-state index in [-0.39, 0.29) is 12.5 Å². The van der Waals surface area contributed by atoms with Crippen LogP contribution in [0.5, 0.6) is 0 Å². The molecule has 2 aromatic carbocycles. The predicted molar refractivity (Wildman–Crippen MR) is 145 cm³/mol. The number of aryl methyl sites for hydroxylation is 1. The number of amides is 5. The second-order valence-corrected chi connectivity index (χ2v) is 10.9. The maximum Gasteiger partial charge on any atom is 0.344 e. The maximum atomic E-state index is 13.6. The summed E-state index contributed by atoms with van der Waals surface area (Å²) in [4.78, 5) is 58.1. The number of hydrazine groups is 1. The number of urea groups is 1. The highest BCUT2D eigenvalue weighted by Gasteiger charge is 2.55. The van der Waals surface area contributed by atoms with E-state index in [1.807, 2.05) is 74.5 Å². The van der Waals surface area contributed by atoms with Crippen molar-refractivity contribution in [2.45, 2.75) is 70.9 Å². The van der Waals surface area contributed by atoms with Crippen LogP contribution in [0, 0.1) is 17.8 Å². The molecular formula is C30H38N4O5. The molecule has 1 aliphatic carbocycles. The maximum absolute atomic E-state index is 13.6. The molecule has 1 saturated heterocycles. The zero-order chi connectivity index (χ0) is 27.8. The van der Waals surface area contributed by atoms with Crippen molar-refractivity contribution in [3.63, 3.8) is 0 Å². The van der Waals surface area contributed by atoms with Gasteiger partial charge in [0.1, 0.15) is 5.54 Å². The molecule has 2 aliphatic rings. The Labute approximate surface area is 229 Å². The number of imide groups is 1. The number of nitrogens with zero attached hydrogens (tertiary/aromatic N) is 1. The Morgan fingerprint density at radius 3 is 2.15 bits per heavy atom. The number of nitrogens with one attached hydrogen (secondary N) is 3. The number of carbonyl (C=O) groups excluding carboxylic acids is 4. The van der Waals surface area contributed by atoms with Gasteiger partial charge in [-0.15, -0.1) is 0 Å². The summed E-state index contributed by atoms with van der Waals surface area (Å²) < 4.78 is 0. The van der Waals surface area contributed by atoms with E-state index in [1.165, 1.54) is 0 Å². The van der Waals surface area contributed by atoms with Gasteiger partial charge in [-0.05, 0) is 62.0 Å². The third-order valence-electron chi connectivity index (χ3n) is 7.55. The van der Waals surface area contributed by atoms with Gasteiger partial charge in [-0.3, -0.25) is 24.6 Å². The van der Waals surface area contributed by atoms with Crippen molar-refractivity contribution in [1.82, 2.24) is 21.2 Å². The quantitative estimate of drug-likeness (QED) is 0.265. The normalized spacial score (nSPS) is 17.5. The summed E-state index contributed by atoms with van der Waals surface area (Å²) in [6.07, 6.45) is 4.23. The second kappa shape index (κ2) is 12.9. The first-order chi connectivity index (χ1) is 18.8. The fourth-order valence-corrected chi connectivity index (χ4v) is 5.27. The first-order valence-electron chi connectivity index (χ1n) is 13.8. The van der Waals surface area contributed by atoms with Crippen LogP contribution in [0.15, 0.2) is 60.7 Å².